The molecule has 5 N–H and O–H groups in total. The van der Waals surface area contributed by atoms with Crippen LogP contribution in [0.5, 0.6) is 0 Å². The number of aromatic nitrogens is 10. The molecule has 4 fully saturated rings. The molecule has 8 unspecified atom stereocenters. The number of carbonyl (C=O) groups excluding carboxylic acids is 1. The number of thiophene rings is 1. The molecule has 7 aromatic rings. The number of ether oxygens (including phenoxy) is 4. The van der Waals surface area contributed by atoms with Crippen molar-refractivity contribution >= 4 is 50.4 Å². The molecule has 774 valence electrons. The lowest BCUT2D eigenvalue weighted by atomic mass is 10.1. The lowest BCUT2D eigenvalue weighted by molar-refractivity contribution is -0.0179. The molecule has 4 saturated heterocycles. The number of rotatable bonds is 43. The second-order valence-electron chi connectivity index (χ2n) is 37.0. The Bertz CT molecular complexity index is 6040. The Morgan fingerprint density at radius 1 is 0.448 bits per heavy atom. The Hall–Kier alpha value is -9.93. The molecule has 4 aliphatic rings. The van der Waals surface area contributed by atoms with E-state index in [1.54, 1.807) is 49.1 Å². The lowest BCUT2D eigenvalue weighted by Gasteiger charge is -2.38. The van der Waals surface area contributed by atoms with Gasteiger partial charge in [-0.05, 0) is 178 Å². The van der Waals surface area contributed by atoms with Crippen molar-refractivity contribution in [3.63, 3.8) is 0 Å². The van der Waals surface area contributed by atoms with Gasteiger partial charge in [0.05, 0.1) is 48.8 Å². The summed E-state index contributed by atoms with van der Waals surface area (Å²) < 4.78 is 66.8. The smallest absolute Gasteiger partial charge is 0.330 e. The van der Waals surface area contributed by atoms with Gasteiger partial charge in [-0.2, -0.15) is 11.3 Å². The second-order valence-corrected chi connectivity index (χ2v) is 45.0. The molecule has 0 bridgehead atoms. The van der Waals surface area contributed by atoms with Crippen LogP contribution in [-0.4, -0.2) is 221 Å². The molecular weight excluding hydrogens is 1920 g/mol. The molecule has 11 rings (SSSR count). The fraction of sp³-hybridized carbons (Fsp3) is 0.598. The van der Waals surface area contributed by atoms with Crippen molar-refractivity contribution in [2.45, 2.75) is 344 Å². The van der Waals surface area contributed by atoms with Gasteiger partial charge in [-0.3, -0.25) is 90.8 Å². The first kappa shape index (κ1) is 118. The summed E-state index contributed by atoms with van der Waals surface area (Å²) in [6.45, 7) is 73.2. The summed E-state index contributed by atoms with van der Waals surface area (Å²) in [5.41, 5.74) is -1.99. The van der Waals surface area contributed by atoms with Gasteiger partial charge in [0.2, 0.25) is 26.2 Å². The number of hydrogen-bond donors (Lipinski definition) is 5. The zero-order valence-electron chi connectivity index (χ0n) is 86.0. The van der Waals surface area contributed by atoms with Crippen molar-refractivity contribution in [1.82, 2.24) is 72.2 Å². The average molecular weight is 2060 g/mol. The van der Waals surface area contributed by atoms with Crippen LogP contribution in [0.1, 0.15) is 284 Å². The van der Waals surface area contributed by atoms with Crippen LogP contribution < -0.4 is 50.3 Å². The minimum absolute atomic E-state index is 0.0906. The van der Waals surface area contributed by atoms with Gasteiger partial charge in [0.1, 0.15) is 80.4 Å². The Morgan fingerprint density at radius 2 is 0.762 bits per heavy atom. The molecule has 11 heterocycles. The number of pyridine rings is 2. The zero-order chi connectivity index (χ0) is 105. The standard InChI is InChI=1S/C27H39N6O5P.C27H36N5O4P.C26H35N4O4PS.C22H33N4O4P/c1-7-22-23(38-39(14-8-11-28-6)33(18(2)3)19(4)5)15-24(37-22)32-17-21(26(35)31-27(32)36)25(34)30-16-20-9-12-29-13-10-20;1-7-23-24(36-37(15-9-13-28-6)32(19(2)3)20(4)5)16-25(35-23)31-18-22(26(33)30-27(31)34)12-11-21-10-8-14-29-17-21;1-7-22-23(34-35(13-8-12-27-6)30(18(2)3)19(4)5)15-24(33-22)29-16-21(25(31)28-26(29)32)10-9-20-11-14-36-17-20;1-8-17-14-25(22(28)24-21(17)27)20-13-19(18(9-2)29-20)30-31(12-10-11-23-7)26(15(3)4)16(5)6/h9-10,12-13,17-19,22-24H,7-8,11,14-16H2,1-5H3,(H,30,34)(H,31,35,36);8,10,14,17-20,23-25H,7,9,13,15-16H2,1-5H3,(H,30,33,34);11,14,16-19,22-24H,7-8,12-13,15H2,1-5H3,(H,28,31,32);1,14-16,18-20H,9-13H2,2-6H3,(H,24,27,28)/t22-,23?,24-,39?;23-,24?,25-,37?;22-,23?,24-,35?;18-,19?,20-,31?/m1111/s1. The van der Waals surface area contributed by atoms with Crippen molar-refractivity contribution in [1.29, 1.82) is 0 Å². The molecule has 1 amide bonds. The molecule has 0 aromatic carbocycles. The largest absolute Gasteiger partial charge is 0.352 e. The first-order valence-electron chi connectivity index (χ1n) is 49.2. The SMILES string of the molecule is [C-]#[N+]CCCP(OC1C[C@H](n2cc(C#C)c(=O)[nH]c2=O)O[C@@H]1CC)N(C(C)C)C(C)C.[C-]#[N+]CCCP(OC1C[C@H](n2cc(C#Cc3cccnc3)c(=O)[nH]c2=O)O[C@@H]1CC)N(C(C)C)C(C)C.[C-]#[N+]CCCP(OC1C[C@H](n2cc(C#Cc3ccsc3)c(=O)[nH]c2=O)O[C@@H]1CC)N(C(C)C)C(C)C.[C-]#[N+]CCCP(OC1C[C@H](n2cc(C(=O)NCc3ccncc3)c(=O)[nH]c2=O)O[C@@H]1CC)N(C(C)C)C(C)C. The average Bonchev–Trinajstić information content (AvgIpc) is 1.73. The van der Waals surface area contributed by atoms with E-state index in [9.17, 15) is 43.2 Å². The third-order valence-electron chi connectivity index (χ3n) is 23.7. The van der Waals surface area contributed by atoms with Gasteiger partial charge in [-0.15, -0.1) is 6.42 Å². The number of aromatic amines is 4. The van der Waals surface area contributed by atoms with E-state index in [-0.39, 0.29) is 89.7 Å². The highest BCUT2D eigenvalue weighted by Gasteiger charge is 2.46. The van der Waals surface area contributed by atoms with Crippen molar-refractivity contribution in [3.05, 3.63) is 259 Å². The van der Waals surface area contributed by atoms with Crippen LogP contribution in [0.2, 0.25) is 0 Å². The van der Waals surface area contributed by atoms with Crippen LogP contribution in [0.4, 0.5) is 0 Å². The predicted molar refractivity (Wildman–Crippen MR) is 564 cm³/mol. The maximum atomic E-state index is 12.8. The van der Waals surface area contributed by atoms with Crippen molar-refractivity contribution < 1.29 is 41.8 Å². The van der Waals surface area contributed by atoms with Gasteiger partial charge in [0, 0.05) is 197 Å². The van der Waals surface area contributed by atoms with Crippen LogP contribution in [0.15, 0.2) is 129 Å². The third kappa shape index (κ3) is 34.6. The predicted octanol–water partition coefficient (Wildman–Crippen LogP) is 16.0. The minimum Gasteiger partial charge on any atom is -0.352 e. The molecule has 41 heteroatoms. The highest BCUT2D eigenvalue weighted by Crippen LogP contribution is 2.54. The lowest BCUT2D eigenvalue weighted by Crippen LogP contribution is -2.38. The quantitative estimate of drug-likeness (QED) is 0.0103. The molecule has 0 aliphatic carbocycles. The molecule has 0 radical (unpaired) electrons. The van der Waals surface area contributed by atoms with Crippen LogP contribution in [0, 0.1) is 62.3 Å². The van der Waals surface area contributed by atoms with E-state index < -0.39 is 109 Å². The third-order valence-corrected chi connectivity index (χ3v) is 35.0. The van der Waals surface area contributed by atoms with Gasteiger partial charge in [0.25, 0.3) is 28.1 Å². The highest BCUT2D eigenvalue weighted by atomic mass is 32.1. The molecule has 0 saturated carbocycles. The molecule has 143 heavy (non-hydrogen) atoms. The summed E-state index contributed by atoms with van der Waals surface area (Å²) in [6, 6.07) is 11.3. The number of terminal acetylenes is 1. The van der Waals surface area contributed by atoms with Gasteiger partial charge < -0.3 is 61.7 Å². The monoisotopic (exact) mass is 2060 g/mol. The van der Waals surface area contributed by atoms with Crippen molar-refractivity contribution in [2.75, 3.05) is 50.8 Å². The van der Waals surface area contributed by atoms with Crippen molar-refractivity contribution in [2.24, 2.45) is 0 Å². The maximum absolute atomic E-state index is 12.8. The fourth-order valence-electron chi connectivity index (χ4n) is 17.5. The van der Waals surface area contributed by atoms with E-state index in [0.29, 0.717) is 100 Å². The first-order chi connectivity index (χ1) is 68.4. The first-order valence-corrected chi connectivity index (χ1v) is 55.8. The topological polar surface area (TPSA) is 379 Å². The van der Waals surface area contributed by atoms with E-state index in [2.05, 4.69) is 214 Å². The highest BCUT2D eigenvalue weighted by molar-refractivity contribution is 7.51. The fourth-order valence-corrected chi connectivity index (χ4v) is 27.8. The molecular formula is C102H143N19O17P4S. The van der Waals surface area contributed by atoms with Gasteiger partial charge in [-0.25, -0.2) is 45.5 Å². The molecule has 0 spiro atoms. The number of amides is 1. The van der Waals surface area contributed by atoms with Gasteiger partial charge >= 0.3 is 22.8 Å². The number of carbonyl (C=O) groups is 1. The zero-order valence-corrected chi connectivity index (χ0v) is 90.4. The number of nitrogens with one attached hydrogen (secondary N) is 5. The summed E-state index contributed by atoms with van der Waals surface area (Å²) in [4.78, 5) is 144. The molecule has 36 nitrogen and oxygen atoms in total. The molecule has 7 aromatic heterocycles. The molecule has 16 atom stereocenters. The Labute approximate surface area is 849 Å². The van der Waals surface area contributed by atoms with E-state index >= 15 is 0 Å². The number of H-pyrrole nitrogens is 4. The Kier molecular flexibility index (Phi) is 49.3. The van der Waals surface area contributed by atoms with E-state index in [1.807, 2.05) is 44.5 Å². The number of nitrogens with zero attached hydrogens (tertiary/aromatic N) is 14. The van der Waals surface area contributed by atoms with Gasteiger partial charge in [-0.1, -0.05) is 57.3 Å². The van der Waals surface area contributed by atoms with E-state index in [0.717, 1.165) is 80.7 Å². The van der Waals surface area contributed by atoms with Crippen LogP contribution in [0.3, 0.4) is 0 Å². The van der Waals surface area contributed by atoms with Crippen LogP contribution >= 0.6 is 44.5 Å². The van der Waals surface area contributed by atoms with Crippen molar-refractivity contribution in [3.8, 4) is 36.0 Å². The Balaban J connectivity index is 0.000000234. The summed E-state index contributed by atoms with van der Waals surface area (Å²) >= 11 is 1.53. The minimum atomic E-state index is -1.01. The summed E-state index contributed by atoms with van der Waals surface area (Å²) in [5.74, 6) is 13.3. The number of hydrogen-bond acceptors (Lipinski definition) is 24. The maximum Gasteiger partial charge on any atom is 0.330 e. The van der Waals surface area contributed by atoms with E-state index in [1.165, 1.54) is 54.4 Å². The molecule has 4 aliphatic heterocycles. The van der Waals surface area contributed by atoms with Crippen LogP contribution in [0.25, 0.3) is 19.4 Å². The summed E-state index contributed by atoms with van der Waals surface area (Å²) in [6.07, 6.45) is 24.4. The normalized spacial score (nSPS) is 20.6. The summed E-state index contributed by atoms with van der Waals surface area (Å²) in [5, 5.41) is 6.54. The van der Waals surface area contributed by atoms with E-state index in [4.69, 9.17) is 69.8 Å². The second kappa shape index (κ2) is 59.6. The summed E-state index contributed by atoms with van der Waals surface area (Å²) in [7, 11) is -3.85. The Morgan fingerprint density at radius 3 is 1.06 bits per heavy atom. The van der Waals surface area contributed by atoms with Crippen LogP contribution in [-0.2, 0) is 43.6 Å². The van der Waals surface area contributed by atoms with Gasteiger partial charge in [0.15, 0.2) is 0 Å².